The Bertz CT molecular complexity index is 1460. The number of fused-ring (bicyclic) bond motifs is 2. The Labute approximate surface area is 285 Å². The molecule has 2 aromatic rings. The number of hydrogen-bond acceptors (Lipinski definition) is 7. The maximum absolute atomic E-state index is 12.8. The number of halogens is 1. The lowest BCUT2D eigenvalue weighted by Gasteiger charge is -2.44. The molecule has 3 fully saturated rings. The van der Waals surface area contributed by atoms with Crippen molar-refractivity contribution < 1.29 is 19.1 Å². The van der Waals surface area contributed by atoms with Crippen LogP contribution >= 0.6 is 11.6 Å². The van der Waals surface area contributed by atoms with Crippen molar-refractivity contribution in [3.8, 4) is 0 Å². The normalized spacial score (nSPS) is 25.4. The maximum Gasteiger partial charge on any atom is 0.410 e. The van der Waals surface area contributed by atoms with Crippen molar-refractivity contribution in [2.24, 2.45) is 5.41 Å². The molecule has 47 heavy (non-hydrogen) atoms. The topological polar surface area (TPSA) is 65.6 Å². The van der Waals surface area contributed by atoms with Crippen molar-refractivity contribution in [2.45, 2.75) is 78.0 Å². The van der Waals surface area contributed by atoms with Gasteiger partial charge in [0.2, 0.25) is 0 Å². The maximum atomic E-state index is 12.8. The molecule has 0 N–H and O–H groups in total. The quantitative estimate of drug-likeness (QED) is 0.283. The molecule has 2 aromatic carbocycles. The Morgan fingerprint density at radius 2 is 1.66 bits per heavy atom. The van der Waals surface area contributed by atoms with E-state index in [2.05, 4.69) is 33.8 Å². The summed E-state index contributed by atoms with van der Waals surface area (Å²) >= 11 is 6.29. The molecule has 1 amide bonds. The Morgan fingerprint density at radius 1 is 0.957 bits per heavy atom. The summed E-state index contributed by atoms with van der Waals surface area (Å²) in [4.78, 5) is 34.6. The molecular weight excluding hydrogens is 612 g/mol. The van der Waals surface area contributed by atoms with Crippen LogP contribution in [0.25, 0.3) is 5.57 Å². The molecule has 0 radical (unpaired) electrons. The van der Waals surface area contributed by atoms with E-state index in [4.69, 9.17) is 21.1 Å². The molecule has 0 saturated carbocycles. The third-order valence-corrected chi connectivity index (χ3v) is 10.6. The number of rotatable bonds is 8. The van der Waals surface area contributed by atoms with E-state index in [1.165, 1.54) is 11.1 Å². The van der Waals surface area contributed by atoms with Gasteiger partial charge in [-0.1, -0.05) is 36.2 Å². The minimum absolute atomic E-state index is 0.167. The first-order chi connectivity index (χ1) is 22.4. The van der Waals surface area contributed by atoms with Gasteiger partial charge in [0.05, 0.1) is 12.2 Å². The molecule has 254 valence electrons. The number of carbonyl (C=O) groups excluding carboxylic acids is 2. The molecule has 9 heteroatoms. The van der Waals surface area contributed by atoms with Crippen LogP contribution in [0.15, 0.2) is 54.1 Å². The molecule has 4 aliphatic rings. The smallest absolute Gasteiger partial charge is 0.410 e. The summed E-state index contributed by atoms with van der Waals surface area (Å²) < 4.78 is 10.9. The van der Waals surface area contributed by atoms with Gasteiger partial charge < -0.3 is 19.3 Å². The van der Waals surface area contributed by atoms with Crippen molar-refractivity contribution in [2.75, 3.05) is 63.9 Å². The van der Waals surface area contributed by atoms with E-state index in [1.54, 1.807) is 5.57 Å². The zero-order chi connectivity index (χ0) is 33.3. The highest BCUT2D eigenvalue weighted by Crippen LogP contribution is 2.45. The summed E-state index contributed by atoms with van der Waals surface area (Å²) in [7, 11) is 0. The van der Waals surface area contributed by atoms with Gasteiger partial charge in [-0.2, -0.15) is 0 Å². The van der Waals surface area contributed by atoms with E-state index >= 15 is 0 Å². The van der Waals surface area contributed by atoms with Gasteiger partial charge in [0.1, 0.15) is 5.60 Å². The predicted octanol–water partition coefficient (Wildman–Crippen LogP) is 6.98. The van der Waals surface area contributed by atoms with Crippen molar-refractivity contribution in [1.82, 2.24) is 14.7 Å². The van der Waals surface area contributed by atoms with Gasteiger partial charge in [0, 0.05) is 75.2 Å². The molecule has 1 unspecified atom stereocenters. The molecule has 3 heterocycles. The Kier molecular flexibility index (Phi) is 9.94. The van der Waals surface area contributed by atoms with Crippen LogP contribution in [0.5, 0.6) is 0 Å². The number of benzene rings is 2. The molecule has 6 rings (SSSR count). The summed E-state index contributed by atoms with van der Waals surface area (Å²) in [5.74, 6) is -0.270. The third kappa shape index (κ3) is 7.98. The van der Waals surface area contributed by atoms with E-state index in [9.17, 15) is 9.59 Å². The molecule has 3 aliphatic heterocycles. The first-order valence-electron chi connectivity index (χ1n) is 17.3. The van der Waals surface area contributed by atoms with E-state index in [0.717, 1.165) is 88.8 Å². The van der Waals surface area contributed by atoms with Crippen LogP contribution in [0.2, 0.25) is 5.02 Å². The van der Waals surface area contributed by atoms with Gasteiger partial charge in [0.25, 0.3) is 0 Å². The highest BCUT2D eigenvalue weighted by atomic mass is 35.5. The second kappa shape index (κ2) is 13.8. The fourth-order valence-electron chi connectivity index (χ4n) is 8.03. The van der Waals surface area contributed by atoms with Crippen molar-refractivity contribution in [1.29, 1.82) is 0 Å². The van der Waals surface area contributed by atoms with Crippen LogP contribution < -0.4 is 4.90 Å². The fourth-order valence-corrected chi connectivity index (χ4v) is 8.16. The number of hydrogen-bond donors (Lipinski definition) is 0. The summed E-state index contributed by atoms with van der Waals surface area (Å²) in [6.07, 6.45) is 4.16. The van der Waals surface area contributed by atoms with Gasteiger partial charge in [-0.05, 0) is 106 Å². The molecular formula is C38H51ClN4O4. The predicted molar refractivity (Wildman–Crippen MR) is 188 cm³/mol. The van der Waals surface area contributed by atoms with Crippen molar-refractivity contribution >= 4 is 34.9 Å². The van der Waals surface area contributed by atoms with Crippen LogP contribution in [0.3, 0.4) is 0 Å². The van der Waals surface area contributed by atoms with Crippen molar-refractivity contribution in [3.63, 3.8) is 0 Å². The number of amides is 1. The summed E-state index contributed by atoms with van der Waals surface area (Å²) in [5, 5.41) is 0.771. The zero-order valence-electron chi connectivity index (χ0n) is 28.8. The molecule has 2 bridgehead atoms. The third-order valence-electron chi connectivity index (χ3n) is 10.3. The number of allylic oxidation sites excluding steroid dienone is 1. The molecule has 0 spiro atoms. The molecule has 1 aliphatic carbocycles. The molecule has 0 aromatic heterocycles. The number of anilines is 1. The molecule has 8 nitrogen and oxygen atoms in total. The highest BCUT2D eigenvalue weighted by Gasteiger charge is 2.48. The molecule has 3 saturated heterocycles. The standard InChI is InChI=1S/C38H51ClN4O4/c1-6-46-35(44)28-9-13-31(14-10-28)41-19-17-40(18-20-41)23-29-22-38(5,16-15-34(29)27-7-11-30(39)12-8-27)26-42-24-33-21-32(42)25-43(33)36(45)47-37(2,3)4/h7-14,32-33H,6,15-26H2,1-5H3/t32-,33-,38?/m0/s1. The SMILES string of the molecule is CCOC(=O)c1ccc(N2CCN(CC3=C(c4ccc(Cl)cc4)CCC(C)(CN4C[C@@H]5C[C@H]4CN5C(=O)OC(C)(C)C)C3)CC2)cc1. The van der Waals surface area contributed by atoms with Crippen LogP contribution in [0.4, 0.5) is 10.5 Å². The van der Waals surface area contributed by atoms with E-state index in [-0.39, 0.29) is 23.5 Å². The number of esters is 1. The van der Waals surface area contributed by atoms with E-state index in [0.29, 0.717) is 18.2 Å². The lowest BCUT2D eigenvalue weighted by atomic mass is 9.71. The summed E-state index contributed by atoms with van der Waals surface area (Å²) in [6.45, 7) is 18.1. The number of ether oxygens (including phenoxy) is 2. The lowest BCUT2D eigenvalue weighted by Crippen LogP contribution is -2.52. The Hall–Kier alpha value is -3.07. The number of nitrogens with zero attached hydrogens (tertiary/aromatic N) is 4. The van der Waals surface area contributed by atoms with Crippen molar-refractivity contribution in [3.05, 3.63) is 70.3 Å². The number of piperazine rings is 2. The van der Waals surface area contributed by atoms with Gasteiger partial charge in [0.15, 0.2) is 0 Å². The van der Waals surface area contributed by atoms with Crippen LogP contribution in [0.1, 0.15) is 76.2 Å². The van der Waals surface area contributed by atoms with Gasteiger partial charge >= 0.3 is 12.1 Å². The second-order valence-corrected chi connectivity index (χ2v) is 15.6. The summed E-state index contributed by atoms with van der Waals surface area (Å²) in [6, 6.07) is 16.9. The van der Waals surface area contributed by atoms with Gasteiger partial charge in [-0.15, -0.1) is 0 Å². The minimum Gasteiger partial charge on any atom is -0.462 e. The lowest BCUT2D eigenvalue weighted by molar-refractivity contribution is 0.00911. The van der Waals surface area contributed by atoms with Crippen LogP contribution in [0, 0.1) is 5.41 Å². The average molecular weight is 663 g/mol. The largest absolute Gasteiger partial charge is 0.462 e. The minimum atomic E-state index is -0.470. The first kappa shape index (κ1) is 33.8. The first-order valence-corrected chi connectivity index (χ1v) is 17.7. The summed E-state index contributed by atoms with van der Waals surface area (Å²) in [5.41, 5.74) is 5.77. The number of likely N-dealkylation sites (tertiary alicyclic amines) is 2. The van der Waals surface area contributed by atoms with E-state index < -0.39 is 5.60 Å². The highest BCUT2D eigenvalue weighted by molar-refractivity contribution is 6.30. The Balaban J connectivity index is 1.11. The average Bonchev–Trinajstić information content (AvgIpc) is 3.62. The number of carbonyl (C=O) groups is 2. The van der Waals surface area contributed by atoms with Gasteiger partial charge in [-0.25, -0.2) is 9.59 Å². The monoisotopic (exact) mass is 662 g/mol. The molecule has 3 atom stereocenters. The fraction of sp³-hybridized carbons (Fsp3) is 0.579. The second-order valence-electron chi connectivity index (χ2n) is 15.2. The van der Waals surface area contributed by atoms with E-state index in [1.807, 2.05) is 69.0 Å². The Morgan fingerprint density at radius 3 is 2.28 bits per heavy atom. The van der Waals surface area contributed by atoms with Crippen LogP contribution in [-0.2, 0) is 9.47 Å². The van der Waals surface area contributed by atoms with Crippen LogP contribution in [-0.4, -0.2) is 103 Å². The zero-order valence-corrected chi connectivity index (χ0v) is 29.5. The van der Waals surface area contributed by atoms with Gasteiger partial charge in [-0.3, -0.25) is 9.80 Å².